The highest BCUT2D eigenvalue weighted by atomic mass is 16.5. The van der Waals surface area contributed by atoms with Gasteiger partial charge in [-0.1, -0.05) is 0 Å². The van der Waals surface area contributed by atoms with Crippen LogP contribution in [0.5, 0.6) is 0 Å². The molecule has 0 aromatic carbocycles. The number of morpholine rings is 1. The molecule has 0 bridgehead atoms. The van der Waals surface area contributed by atoms with Crippen molar-refractivity contribution in [1.29, 1.82) is 0 Å². The van der Waals surface area contributed by atoms with E-state index in [9.17, 15) is 4.79 Å². The van der Waals surface area contributed by atoms with Crippen molar-refractivity contribution in [3.63, 3.8) is 0 Å². The van der Waals surface area contributed by atoms with Crippen LogP contribution in [0.25, 0.3) is 6.08 Å². The number of rotatable bonds is 2. The molecule has 1 saturated heterocycles. The number of nitrogens with zero attached hydrogens (tertiary/aromatic N) is 1. The lowest BCUT2D eigenvalue weighted by molar-refractivity contribution is -0.129. The van der Waals surface area contributed by atoms with Crippen LogP contribution in [0, 0.1) is 0 Å². The zero-order valence-electron chi connectivity index (χ0n) is 8.39. The largest absolute Gasteiger partial charge is 0.465 e. The number of hydrogen-bond acceptors (Lipinski definition) is 3. The van der Waals surface area contributed by atoms with E-state index in [0.29, 0.717) is 32.1 Å². The first-order valence-corrected chi connectivity index (χ1v) is 4.94. The standard InChI is InChI=1S/C11H13NO3/c13-11(12-5-8-14-9-6-12)4-3-10-2-1-7-15-10/h1-4,7H,5-6,8-9H2. The minimum atomic E-state index is 0.00898. The summed E-state index contributed by atoms with van der Waals surface area (Å²) in [5.41, 5.74) is 0. The number of amides is 1. The molecule has 15 heavy (non-hydrogen) atoms. The zero-order chi connectivity index (χ0) is 10.5. The van der Waals surface area contributed by atoms with Gasteiger partial charge in [0.1, 0.15) is 5.76 Å². The van der Waals surface area contributed by atoms with E-state index in [4.69, 9.17) is 9.15 Å². The highest BCUT2D eigenvalue weighted by Crippen LogP contribution is 2.04. The van der Waals surface area contributed by atoms with Gasteiger partial charge in [0.15, 0.2) is 0 Å². The van der Waals surface area contributed by atoms with Crippen LogP contribution in [0.2, 0.25) is 0 Å². The van der Waals surface area contributed by atoms with E-state index in [1.165, 1.54) is 6.08 Å². The van der Waals surface area contributed by atoms with E-state index in [1.54, 1.807) is 23.3 Å². The molecule has 2 rings (SSSR count). The molecule has 2 heterocycles. The van der Waals surface area contributed by atoms with Crippen LogP contribution in [0.4, 0.5) is 0 Å². The molecule has 4 heteroatoms. The van der Waals surface area contributed by atoms with Crippen LogP contribution in [0.1, 0.15) is 5.76 Å². The van der Waals surface area contributed by atoms with Gasteiger partial charge in [-0.15, -0.1) is 0 Å². The average Bonchev–Trinajstić information content (AvgIpc) is 2.80. The lowest BCUT2D eigenvalue weighted by Gasteiger charge is -2.25. The molecule has 80 valence electrons. The number of hydrogen-bond donors (Lipinski definition) is 0. The second-order valence-electron chi connectivity index (χ2n) is 3.29. The van der Waals surface area contributed by atoms with Gasteiger partial charge in [0.05, 0.1) is 19.5 Å². The van der Waals surface area contributed by atoms with Crippen molar-refractivity contribution in [2.75, 3.05) is 26.3 Å². The van der Waals surface area contributed by atoms with Crippen molar-refractivity contribution < 1.29 is 13.9 Å². The lowest BCUT2D eigenvalue weighted by Crippen LogP contribution is -2.39. The first-order chi connectivity index (χ1) is 7.36. The van der Waals surface area contributed by atoms with Gasteiger partial charge in [-0.25, -0.2) is 0 Å². The van der Waals surface area contributed by atoms with Crippen molar-refractivity contribution in [2.24, 2.45) is 0 Å². The monoisotopic (exact) mass is 207 g/mol. The third-order valence-electron chi connectivity index (χ3n) is 2.26. The van der Waals surface area contributed by atoms with Crippen LogP contribution in [0.3, 0.4) is 0 Å². The Kier molecular flexibility index (Phi) is 3.19. The lowest BCUT2D eigenvalue weighted by atomic mass is 10.3. The van der Waals surface area contributed by atoms with Gasteiger partial charge in [-0.2, -0.15) is 0 Å². The van der Waals surface area contributed by atoms with Gasteiger partial charge in [-0.3, -0.25) is 4.79 Å². The fourth-order valence-electron chi connectivity index (χ4n) is 1.43. The van der Waals surface area contributed by atoms with Gasteiger partial charge in [0.25, 0.3) is 0 Å². The molecule has 0 unspecified atom stereocenters. The fraction of sp³-hybridized carbons (Fsp3) is 0.364. The zero-order valence-corrected chi connectivity index (χ0v) is 8.39. The molecule has 0 N–H and O–H groups in total. The summed E-state index contributed by atoms with van der Waals surface area (Å²) >= 11 is 0. The van der Waals surface area contributed by atoms with Crippen molar-refractivity contribution in [1.82, 2.24) is 4.90 Å². The number of carbonyl (C=O) groups is 1. The maximum Gasteiger partial charge on any atom is 0.246 e. The third-order valence-corrected chi connectivity index (χ3v) is 2.26. The van der Waals surface area contributed by atoms with Gasteiger partial charge in [-0.05, 0) is 18.2 Å². The normalized spacial score (nSPS) is 17.2. The Morgan fingerprint density at radius 3 is 2.87 bits per heavy atom. The van der Waals surface area contributed by atoms with Gasteiger partial charge >= 0.3 is 0 Å². The molecule has 1 fully saturated rings. The Bertz CT molecular complexity index is 337. The van der Waals surface area contributed by atoms with Gasteiger partial charge in [0, 0.05) is 19.2 Å². The number of furan rings is 1. The van der Waals surface area contributed by atoms with E-state index < -0.39 is 0 Å². The summed E-state index contributed by atoms with van der Waals surface area (Å²) in [4.78, 5) is 13.4. The Balaban J connectivity index is 1.91. The second kappa shape index (κ2) is 4.79. The van der Waals surface area contributed by atoms with E-state index in [1.807, 2.05) is 6.07 Å². The van der Waals surface area contributed by atoms with Crippen LogP contribution in [-0.4, -0.2) is 37.1 Å². The fourth-order valence-corrected chi connectivity index (χ4v) is 1.43. The van der Waals surface area contributed by atoms with E-state index in [-0.39, 0.29) is 5.91 Å². The first kappa shape index (κ1) is 9.98. The summed E-state index contributed by atoms with van der Waals surface area (Å²) in [6, 6.07) is 3.60. The topological polar surface area (TPSA) is 42.7 Å². The predicted molar refractivity (Wildman–Crippen MR) is 55.1 cm³/mol. The van der Waals surface area contributed by atoms with Crippen LogP contribution in [-0.2, 0) is 9.53 Å². The molecular formula is C11H13NO3. The second-order valence-corrected chi connectivity index (χ2v) is 3.29. The molecule has 1 aliphatic heterocycles. The first-order valence-electron chi connectivity index (χ1n) is 4.94. The molecule has 4 nitrogen and oxygen atoms in total. The molecule has 0 aliphatic carbocycles. The summed E-state index contributed by atoms with van der Waals surface area (Å²) in [7, 11) is 0. The summed E-state index contributed by atoms with van der Waals surface area (Å²) in [5.74, 6) is 0.700. The van der Waals surface area contributed by atoms with Crippen molar-refractivity contribution in [3.05, 3.63) is 30.2 Å². The quantitative estimate of drug-likeness (QED) is 0.683. The summed E-state index contributed by atoms with van der Waals surface area (Å²) < 4.78 is 10.3. The van der Waals surface area contributed by atoms with Crippen molar-refractivity contribution in [2.45, 2.75) is 0 Å². The molecule has 0 saturated carbocycles. The minimum absolute atomic E-state index is 0.00898. The molecule has 1 aliphatic rings. The maximum absolute atomic E-state index is 11.6. The number of ether oxygens (including phenoxy) is 1. The smallest absolute Gasteiger partial charge is 0.246 e. The van der Waals surface area contributed by atoms with Gasteiger partial charge < -0.3 is 14.1 Å². The van der Waals surface area contributed by atoms with Crippen molar-refractivity contribution in [3.8, 4) is 0 Å². The summed E-state index contributed by atoms with van der Waals surface area (Å²) in [6.45, 7) is 2.59. The van der Waals surface area contributed by atoms with Crippen LogP contribution < -0.4 is 0 Å². The summed E-state index contributed by atoms with van der Waals surface area (Å²) in [5, 5.41) is 0. The van der Waals surface area contributed by atoms with E-state index >= 15 is 0 Å². The highest BCUT2D eigenvalue weighted by Gasteiger charge is 2.13. The molecule has 1 aromatic heterocycles. The molecule has 0 radical (unpaired) electrons. The molecule has 0 spiro atoms. The number of carbonyl (C=O) groups excluding carboxylic acids is 1. The maximum atomic E-state index is 11.6. The molecular weight excluding hydrogens is 194 g/mol. The van der Waals surface area contributed by atoms with E-state index in [2.05, 4.69) is 0 Å². The average molecular weight is 207 g/mol. The Morgan fingerprint density at radius 2 is 2.20 bits per heavy atom. The molecule has 0 atom stereocenters. The summed E-state index contributed by atoms with van der Waals surface area (Å²) in [6.07, 6.45) is 4.79. The van der Waals surface area contributed by atoms with E-state index in [0.717, 1.165) is 0 Å². The molecule has 1 amide bonds. The van der Waals surface area contributed by atoms with Crippen LogP contribution in [0.15, 0.2) is 28.9 Å². The Hall–Kier alpha value is -1.55. The minimum Gasteiger partial charge on any atom is -0.465 e. The molecule has 1 aromatic rings. The van der Waals surface area contributed by atoms with Crippen molar-refractivity contribution >= 4 is 12.0 Å². The highest BCUT2D eigenvalue weighted by molar-refractivity contribution is 5.91. The Labute approximate surface area is 88.1 Å². The Morgan fingerprint density at radius 1 is 1.40 bits per heavy atom. The SMILES string of the molecule is O=C(C=Cc1ccco1)N1CCOCC1. The third kappa shape index (κ3) is 2.70. The van der Waals surface area contributed by atoms with Crippen LogP contribution >= 0.6 is 0 Å². The predicted octanol–water partition coefficient (Wildman–Crippen LogP) is 1.15. The van der Waals surface area contributed by atoms with Gasteiger partial charge in [0.2, 0.25) is 5.91 Å².